The number of rotatable bonds is 2. The molecule has 23 heavy (non-hydrogen) atoms. The van der Waals surface area contributed by atoms with Crippen molar-refractivity contribution in [2.75, 3.05) is 13.2 Å². The van der Waals surface area contributed by atoms with E-state index in [1.807, 2.05) is 0 Å². The molecule has 1 aromatic carbocycles. The molecule has 0 bridgehead atoms. The van der Waals surface area contributed by atoms with Gasteiger partial charge in [-0.15, -0.1) is 0 Å². The number of fused-ring (bicyclic) bond motifs is 2. The van der Waals surface area contributed by atoms with E-state index in [0.29, 0.717) is 25.3 Å². The second-order valence-corrected chi connectivity index (χ2v) is 5.92. The van der Waals surface area contributed by atoms with Gasteiger partial charge in [0.05, 0.1) is 10.9 Å². The van der Waals surface area contributed by atoms with Gasteiger partial charge < -0.3 is 19.7 Å². The zero-order valence-corrected chi connectivity index (χ0v) is 12.3. The van der Waals surface area contributed by atoms with E-state index in [-0.39, 0.29) is 28.3 Å². The van der Waals surface area contributed by atoms with Crippen LogP contribution in [0.1, 0.15) is 34.8 Å². The number of carboxylic acids is 1. The lowest BCUT2D eigenvalue weighted by Crippen LogP contribution is -2.20. The molecule has 0 amide bonds. The Kier molecular flexibility index (Phi) is 3.12. The first-order valence-electron chi connectivity index (χ1n) is 7.55. The van der Waals surface area contributed by atoms with Crippen LogP contribution in [0.25, 0.3) is 10.9 Å². The number of nitrogens with one attached hydrogen (secondary N) is 1. The minimum absolute atomic E-state index is 0.0349. The van der Waals surface area contributed by atoms with Crippen LogP contribution in [0.5, 0.6) is 5.75 Å². The highest BCUT2D eigenvalue weighted by Gasteiger charge is 2.30. The predicted molar refractivity (Wildman–Crippen MR) is 80.6 cm³/mol. The van der Waals surface area contributed by atoms with Crippen LogP contribution in [0.3, 0.4) is 0 Å². The Bertz CT molecular complexity index is 886. The summed E-state index contributed by atoms with van der Waals surface area (Å²) in [7, 11) is 0. The summed E-state index contributed by atoms with van der Waals surface area (Å²) in [5.41, 5.74) is -0.306. The molecule has 2 aromatic rings. The summed E-state index contributed by atoms with van der Waals surface area (Å²) in [6, 6.07) is 1.59. The molecule has 0 radical (unpaired) electrons. The molecule has 120 valence electrons. The smallest absolute Gasteiger partial charge is 0.341 e. The molecule has 7 heteroatoms. The van der Waals surface area contributed by atoms with Gasteiger partial charge in [0.15, 0.2) is 11.6 Å². The van der Waals surface area contributed by atoms with Gasteiger partial charge in [-0.3, -0.25) is 4.79 Å². The SMILES string of the molecule is O=C(O)c1cn(C2CC2)c2c(F)c3c(cc2c1=O)CNCCO3. The molecule has 0 saturated heterocycles. The van der Waals surface area contributed by atoms with E-state index in [4.69, 9.17) is 4.74 Å². The van der Waals surface area contributed by atoms with E-state index in [1.54, 1.807) is 10.6 Å². The zero-order chi connectivity index (χ0) is 16.1. The van der Waals surface area contributed by atoms with E-state index in [9.17, 15) is 14.7 Å². The summed E-state index contributed by atoms with van der Waals surface area (Å²) < 4.78 is 22.1. The average molecular weight is 318 g/mol. The van der Waals surface area contributed by atoms with E-state index in [2.05, 4.69) is 5.32 Å². The molecule has 1 fully saturated rings. The first kappa shape index (κ1) is 14.2. The minimum atomic E-state index is -1.30. The van der Waals surface area contributed by atoms with Crippen molar-refractivity contribution >= 4 is 16.9 Å². The van der Waals surface area contributed by atoms with Crippen molar-refractivity contribution in [1.82, 2.24) is 9.88 Å². The quantitative estimate of drug-likeness (QED) is 0.880. The minimum Gasteiger partial charge on any atom is -0.489 e. The van der Waals surface area contributed by atoms with E-state index >= 15 is 4.39 Å². The number of benzene rings is 1. The van der Waals surface area contributed by atoms with Gasteiger partial charge in [-0.05, 0) is 18.9 Å². The Morgan fingerprint density at radius 3 is 2.91 bits per heavy atom. The van der Waals surface area contributed by atoms with Crippen LogP contribution in [0, 0.1) is 5.82 Å². The molecule has 0 unspecified atom stereocenters. The molecular formula is C16H15FN2O4. The number of aromatic nitrogens is 1. The number of carbonyl (C=O) groups is 1. The van der Waals surface area contributed by atoms with E-state index in [1.165, 1.54) is 6.20 Å². The second kappa shape index (κ2) is 5.06. The fourth-order valence-electron chi connectivity index (χ4n) is 3.04. The molecule has 0 atom stereocenters. The molecule has 1 saturated carbocycles. The fourth-order valence-corrected chi connectivity index (χ4v) is 3.04. The number of ether oxygens (including phenoxy) is 1. The summed E-state index contributed by atoms with van der Waals surface area (Å²) in [4.78, 5) is 23.8. The molecular weight excluding hydrogens is 303 g/mol. The summed E-state index contributed by atoms with van der Waals surface area (Å²) in [6.45, 7) is 1.30. The monoisotopic (exact) mass is 318 g/mol. The van der Waals surface area contributed by atoms with Gasteiger partial charge in [-0.25, -0.2) is 9.18 Å². The van der Waals surface area contributed by atoms with Gasteiger partial charge in [0.2, 0.25) is 5.43 Å². The molecule has 0 spiro atoms. The van der Waals surface area contributed by atoms with Crippen LogP contribution >= 0.6 is 0 Å². The predicted octanol–water partition coefficient (Wildman–Crippen LogP) is 1.66. The maximum absolute atomic E-state index is 15.0. The zero-order valence-electron chi connectivity index (χ0n) is 12.3. The molecule has 2 heterocycles. The highest BCUT2D eigenvalue weighted by molar-refractivity contribution is 5.93. The van der Waals surface area contributed by atoms with Crippen molar-refractivity contribution < 1.29 is 19.0 Å². The second-order valence-electron chi connectivity index (χ2n) is 5.92. The number of hydrogen-bond donors (Lipinski definition) is 2. The van der Waals surface area contributed by atoms with Crippen molar-refractivity contribution in [1.29, 1.82) is 0 Å². The topological polar surface area (TPSA) is 80.6 Å². The van der Waals surface area contributed by atoms with Gasteiger partial charge in [0.25, 0.3) is 0 Å². The summed E-state index contributed by atoms with van der Waals surface area (Å²) >= 11 is 0. The molecule has 1 aromatic heterocycles. The Morgan fingerprint density at radius 2 is 2.22 bits per heavy atom. The maximum Gasteiger partial charge on any atom is 0.341 e. The number of pyridine rings is 1. The highest BCUT2D eigenvalue weighted by Crippen LogP contribution is 2.39. The van der Waals surface area contributed by atoms with Gasteiger partial charge in [-0.1, -0.05) is 0 Å². The molecule has 4 rings (SSSR count). The lowest BCUT2D eigenvalue weighted by molar-refractivity contribution is 0.0695. The summed E-state index contributed by atoms with van der Waals surface area (Å²) in [5, 5.41) is 12.4. The van der Waals surface area contributed by atoms with Crippen LogP contribution in [-0.2, 0) is 6.54 Å². The maximum atomic E-state index is 15.0. The van der Waals surface area contributed by atoms with Crippen LogP contribution in [0.15, 0.2) is 17.1 Å². The van der Waals surface area contributed by atoms with E-state index < -0.39 is 17.2 Å². The third-order valence-electron chi connectivity index (χ3n) is 4.30. The van der Waals surface area contributed by atoms with Crippen molar-refractivity contribution in [2.24, 2.45) is 0 Å². The number of hydrogen-bond acceptors (Lipinski definition) is 4. The number of carboxylic acid groups (broad SMARTS) is 1. The molecule has 1 aliphatic carbocycles. The Balaban J connectivity index is 2.11. The lowest BCUT2D eigenvalue weighted by Gasteiger charge is -2.16. The van der Waals surface area contributed by atoms with Gasteiger partial charge in [-0.2, -0.15) is 0 Å². The fraction of sp³-hybridized carbons (Fsp3) is 0.375. The average Bonchev–Trinajstić information content (AvgIpc) is 3.34. The van der Waals surface area contributed by atoms with Crippen molar-refractivity contribution in [3.05, 3.63) is 39.4 Å². The summed E-state index contributed by atoms with van der Waals surface area (Å²) in [5.74, 6) is -1.72. The molecule has 6 nitrogen and oxygen atoms in total. The third kappa shape index (κ3) is 2.19. The Morgan fingerprint density at radius 1 is 1.43 bits per heavy atom. The molecule has 2 aliphatic rings. The molecule has 1 aliphatic heterocycles. The van der Waals surface area contributed by atoms with Gasteiger partial charge in [0.1, 0.15) is 12.2 Å². The van der Waals surface area contributed by atoms with Crippen molar-refractivity contribution in [3.63, 3.8) is 0 Å². The normalized spacial score (nSPS) is 17.4. The molecule has 2 N–H and O–H groups in total. The standard InChI is InChI=1S/C16H15FN2O4/c17-12-13-10(5-8-6-18-3-4-23-15(8)12)14(20)11(16(21)22)7-19(13)9-1-2-9/h5,7,9,18H,1-4,6H2,(H,21,22). The summed E-state index contributed by atoms with van der Waals surface area (Å²) in [6.07, 6.45) is 2.95. The van der Waals surface area contributed by atoms with Crippen molar-refractivity contribution in [2.45, 2.75) is 25.4 Å². The first-order chi connectivity index (χ1) is 11.1. The Labute approximate surface area is 130 Å². The highest BCUT2D eigenvalue weighted by atomic mass is 19.1. The van der Waals surface area contributed by atoms with E-state index in [0.717, 1.165) is 12.8 Å². The van der Waals surface area contributed by atoms with Gasteiger partial charge >= 0.3 is 5.97 Å². The number of aromatic carboxylic acids is 1. The number of nitrogens with zero attached hydrogens (tertiary/aromatic N) is 1. The van der Waals surface area contributed by atoms with Crippen LogP contribution in [0.2, 0.25) is 0 Å². The Hall–Kier alpha value is -2.41. The van der Waals surface area contributed by atoms with Crippen LogP contribution < -0.4 is 15.5 Å². The van der Waals surface area contributed by atoms with Crippen LogP contribution in [0.4, 0.5) is 4.39 Å². The number of halogens is 1. The van der Waals surface area contributed by atoms with Crippen molar-refractivity contribution in [3.8, 4) is 5.75 Å². The van der Waals surface area contributed by atoms with Gasteiger partial charge in [0, 0.05) is 30.9 Å². The van der Waals surface area contributed by atoms with Crippen LogP contribution in [-0.4, -0.2) is 28.8 Å². The first-order valence-corrected chi connectivity index (χ1v) is 7.55. The largest absolute Gasteiger partial charge is 0.489 e. The lowest BCUT2D eigenvalue weighted by atomic mass is 10.1. The third-order valence-corrected chi connectivity index (χ3v) is 4.30.